The van der Waals surface area contributed by atoms with E-state index in [0.717, 1.165) is 5.56 Å². The van der Waals surface area contributed by atoms with E-state index in [0.29, 0.717) is 21.3 Å². The first-order valence-electron chi connectivity index (χ1n) is 6.69. The van der Waals surface area contributed by atoms with Crippen molar-refractivity contribution in [3.63, 3.8) is 0 Å². The molecular weight excluding hydrogens is 317 g/mol. The lowest BCUT2D eigenvalue weighted by Gasteiger charge is -2.14. The minimum atomic E-state index is -0.351. The van der Waals surface area contributed by atoms with Crippen molar-refractivity contribution in [1.29, 1.82) is 0 Å². The normalized spacial score (nSPS) is 16.6. The zero-order valence-corrected chi connectivity index (χ0v) is 13.2. The van der Waals surface area contributed by atoms with Crippen LogP contribution in [0.3, 0.4) is 0 Å². The minimum Gasteiger partial charge on any atom is -0.288 e. The van der Waals surface area contributed by atoms with Crippen molar-refractivity contribution in [2.75, 3.05) is 0 Å². The first-order valence-corrected chi connectivity index (χ1v) is 7.91. The van der Waals surface area contributed by atoms with E-state index in [1.807, 2.05) is 30.3 Å². The van der Waals surface area contributed by atoms with Crippen molar-refractivity contribution in [3.8, 4) is 0 Å². The summed E-state index contributed by atoms with van der Waals surface area (Å²) in [5.74, 6) is -0.530. The van der Waals surface area contributed by atoms with Crippen molar-refractivity contribution in [3.05, 3.63) is 76.4 Å². The minimum absolute atomic E-state index is 0.179. The van der Waals surface area contributed by atoms with Gasteiger partial charge in [-0.15, -0.1) is 0 Å². The quantitative estimate of drug-likeness (QED) is 0.621. The predicted molar refractivity (Wildman–Crippen MR) is 91.6 cm³/mol. The Balaban J connectivity index is 1.84. The highest BCUT2D eigenvalue weighted by atomic mass is 32.2. The van der Waals surface area contributed by atoms with E-state index in [4.69, 9.17) is 12.2 Å². The summed E-state index contributed by atoms with van der Waals surface area (Å²) in [7, 11) is 0. The van der Waals surface area contributed by atoms with E-state index in [2.05, 4.69) is 0 Å². The van der Waals surface area contributed by atoms with E-state index >= 15 is 0 Å². The van der Waals surface area contributed by atoms with Gasteiger partial charge in [-0.2, -0.15) is 0 Å². The number of carbonyl (C=O) groups excluding carboxylic acids is 1. The summed E-state index contributed by atoms with van der Waals surface area (Å²) in [6.07, 6.45) is 1.56. The number of benzene rings is 2. The van der Waals surface area contributed by atoms with E-state index in [1.54, 1.807) is 29.2 Å². The zero-order chi connectivity index (χ0) is 15.5. The Hall–Kier alpha value is -1.98. The third kappa shape index (κ3) is 3.10. The van der Waals surface area contributed by atoms with Gasteiger partial charge in [0.2, 0.25) is 0 Å². The van der Waals surface area contributed by atoms with Crippen molar-refractivity contribution < 1.29 is 9.18 Å². The molecule has 0 aromatic heterocycles. The van der Waals surface area contributed by atoms with Crippen LogP contribution in [0.1, 0.15) is 11.1 Å². The molecule has 22 heavy (non-hydrogen) atoms. The van der Waals surface area contributed by atoms with Crippen molar-refractivity contribution in [2.45, 2.75) is 6.54 Å². The fourth-order valence-electron chi connectivity index (χ4n) is 2.14. The van der Waals surface area contributed by atoms with E-state index in [9.17, 15) is 9.18 Å². The Kier molecular flexibility index (Phi) is 4.36. The third-order valence-corrected chi connectivity index (χ3v) is 4.63. The molecule has 0 atom stereocenters. The van der Waals surface area contributed by atoms with Crippen LogP contribution in [0.5, 0.6) is 0 Å². The first kappa shape index (κ1) is 14.9. The molecule has 1 heterocycles. The van der Waals surface area contributed by atoms with Crippen molar-refractivity contribution in [2.24, 2.45) is 0 Å². The maximum atomic E-state index is 13.7. The summed E-state index contributed by atoms with van der Waals surface area (Å²) < 4.78 is 14.2. The number of carbonyl (C=O) groups is 1. The van der Waals surface area contributed by atoms with Gasteiger partial charge in [0.25, 0.3) is 5.91 Å². The molecule has 3 rings (SSSR count). The van der Waals surface area contributed by atoms with Gasteiger partial charge < -0.3 is 0 Å². The Labute approximate surface area is 137 Å². The molecule has 0 bridgehead atoms. The van der Waals surface area contributed by atoms with Gasteiger partial charge in [-0.3, -0.25) is 9.69 Å². The fraction of sp³-hybridized carbons (Fsp3) is 0.0588. The average Bonchev–Trinajstić information content (AvgIpc) is 2.78. The highest BCUT2D eigenvalue weighted by Crippen LogP contribution is 2.33. The van der Waals surface area contributed by atoms with Crippen LogP contribution in [-0.2, 0) is 11.3 Å². The molecule has 2 aromatic rings. The van der Waals surface area contributed by atoms with Crippen LogP contribution in [0.15, 0.2) is 59.5 Å². The molecule has 1 amide bonds. The lowest BCUT2D eigenvalue weighted by atomic mass is 10.2. The smallest absolute Gasteiger partial charge is 0.266 e. The van der Waals surface area contributed by atoms with Gasteiger partial charge in [-0.1, -0.05) is 72.5 Å². The summed E-state index contributed by atoms with van der Waals surface area (Å²) in [6, 6.07) is 16.0. The predicted octanol–water partition coefficient (Wildman–Crippen LogP) is 4.23. The van der Waals surface area contributed by atoms with Crippen LogP contribution in [0, 0.1) is 5.82 Å². The van der Waals surface area contributed by atoms with E-state index < -0.39 is 0 Å². The zero-order valence-electron chi connectivity index (χ0n) is 11.5. The number of thiocarbonyl (C=S) groups is 1. The highest BCUT2D eigenvalue weighted by molar-refractivity contribution is 8.26. The number of amides is 1. The Bertz CT molecular complexity index is 758. The van der Waals surface area contributed by atoms with Crippen LogP contribution < -0.4 is 0 Å². The molecule has 0 saturated carbocycles. The summed E-state index contributed by atoms with van der Waals surface area (Å²) in [6.45, 7) is 0.431. The lowest BCUT2D eigenvalue weighted by Crippen LogP contribution is -2.27. The molecule has 0 spiro atoms. The van der Waals surface area contributed by atoms with Crippen LogP contribution >= 0.6 is 24.0 Å². The van der Waals surface area contributed by atoms with Gasteiger partial charge in [0.05, 0.1) is 11.4 Å². The maximum Gasteiger partial charge on any atom is 0.266 e. The molecule has 1 aliphatic rings. The number of nitrogens with zero attached hydrogens (tertiary/aromatic N) is 1. The molecular formula is C17H12FNOS2. The van der Waals surface area contributed by atoms with Gasteiger partial charge in [0.15, 0.2) is 0 Å². The van der Waals surface area contributed by atoms with Gasteiger partial charge >= 0.3 is 0 Å². The van der Waals surface area contributed by atoms with Crippen molar-refractivity contribution >= 4 is 40.3 Å². The number of thioether (sulfide) groups is 1. The number of halogens is 1. The monoisotopic (exact) mass is 329 g/mol. The third-order valence-electron chi connectivity index (χ3n) is 3.25. The summed E-state index contributed by atoms with van der Waals surface area (Å²) in [4.78, 5) is 14.5. The largest absolute Gasteiger partial charge is 0.288 e. The molecule has 110 valence electrons. The number of hydrogen-bond acceptors (Lipinski definition) is 3. The number of rotatable bonds is 3. The van der Waals surface area contributed by atoms with Crippen LogP contribution in [0.25, 0.3) is 6.08 Å². The van der Waals surface area contributed by atoms with E-state index in [-0.39, 0.29) is 11.7 Å². The van der Waals surface area contributed by atoms with Gasteiger partial charge in [0, 0.05) is 5.56 Å². The highest BCUT2D eigenvalue weighted by Gasteiger charge is 2.32. The molecule has 1 fully saturated rings. The Morgan fingerprint density at radius 3 is 2.50 bits per heavy atom. The Morgan fingerprint density at radius 2 is 1.77 bits per heavy atom. The molecule has 2 aromatic carbocycles. The molecule has 5 heteroatoms. The van der Waals surface area contributed by atoms with Crippen LogP contribution in [0.2, 0.25) is 0 Å². The molecule has 2 nitrogen and oxygen atoms in total. The van der Waals surface area contributed by atoms with E-state index in [1.165, 1.54) is 17.8 Å². The second-order valence-corrected chi connectivity index (χ2v) is 6.45. The SMILES string of the molecule is O=C1C(=Cc2ccccc2F)SC(=S)N1Cc1ccccc1. The Morgan fingerprint density at radius 1 is 1.09 bits per heavy atom. The van der Waals surface area contributed by atoms with Gasteiger partial charge in [0.1, 0.15) is 10.1 Å². The summed E-state index contributed by atoms with van der Waals surface area (Å²) in [5, 5.41) is 0. The lowest BCUT2D eigenvalue weighted by molar-refractivity contribution is -0.122. The van der Waals surface area contributed by atoms with Gasteiger partial charge in [-0.25, -0.2) is 4.39 Å². The maximum absolute atomic E-state index is 13.7. The summed E-state index contributed by atoms with van der Waals surface area (Å²) >= 11 is 6.48. The molecule has 1 saturated heterocycles. The second-order valence-electron chi connectivity index (χ2n) is 4.77. The fourth-order valence-corrected chi connectivity index (χ4v) is 3.38. The molecule has 1 aliphatic heterocycles. The van der Waals surface area contributed by atoms with Crippen LogP contribution in [0.4, 0.5) is 4.39 Å². The topological polar surface area (TPSA) is 20.3 Å². The van der Waals surface area contributed by atoms with Crippen LogP contribution in [-0.4, -0.2) is 15.1 Å². The first-order chi connectivity index (χ1) is 10.6. The second kappa shape index (κ2) is 6.42. The summed E-state index contributed by atoms with van der Waals surface area (Å²) in [5.41, 5.74) is 1.40. The molecule has 0 radical (unpaired) electrons. The molecule has 0 unspecified atom stereocenters. The number of hydrogen-bond donors (Lipinski definition) is 0. The van der Waals surface area contributed by atoms with Gasteiger partial charge in [-0.05, 0) is 17.7 Å². The molecule has 0 aliphatic carbocycles. The standard InChI is InChI=1S/C17H12FNOS2/c18-14-9-5-4-8-13(14)10-15-16(20)19(17(21)22-15)11-12-6-2-1-3-7-12/h1-10H,11H2. The molecule has 0 N–H and O–H groups in total. The van der Waals surface area contributed by atoms with Crippen molar-refractivity contribution in [1.82, 2.24) is 4.90 Å². The average molecular weight is 329 g/mol.